The third kappa shape index (κ3) is 2.61. The van der Waals surface area contributed by atoms with Crippen LogP contribution in [0.4, 0.5) is 5.69 Å². The van der Waals surface area contributed by atoms with E-state index in [0.29, 0.717) is 11.3 Å². The van der Waals surface area contributed by atoms with Crippen LogP contribution in [0.1, 0.15) is 17.0 Å². The smallest absolute Gasteiger partial charge is 0.288 e. The van der Waals surface area contributed by atoms with E-state index in [1.165, 1.54) is 0 Å². The zero-order chi connectivity index (χ0) is 15.5. The predicted octanol–water partition coefficient (Wildman–Crippen LogP) is 1.61. The topological polar surface area (TPSA) is 75.3 Å². The van der Waals surface area contributed by atoms with Crippen molar-refractivity contribution in [1.82, 2.24) is 5.32 Å². The van der Waals surface area contributed by atoms with Gasteiger partial charge in [-0.1, -0.05) is 48.5 Å². The monoisotopic (exact) mass is 294 g/mol. The molecule has 2 amide bonds. The summed E-state index contributed by atoms with van der Waals surface area (Å²) >= 11 is 0. The first-order valence-electron chi connectivity index (χ1n) is 6.92. The Balaban J connectivity index is 1.71. The number of ketones is 1. The molecule has 2 N–H and O–H groups in total. The summed E-state index contributed by atoms with van der Waals surface area (Å²) < 4.78 is 0. The minimum Gasteiger partial charge on any atom is -0.345 e. The highest BCUT2D eigenvalue weighted by Gasteiger charge is 2.39. The number of para-hydroxylation sites is 1. The van der Waals surface area contributed by atoms with Crippen molar-refractivity contribution in [1.29, 1.82) is 0 Å². The Morgan fingerprint density at radius 2 is 1.68 bits per heavy atom. The molecule has 3 rings (SSSR count). The summed E-state index contributed by atoms with van der Waals surface area (Å²) in [6.07, 6.45) is 0. The molecule has 0 bridgehead atoms. The number of nitrogens with one attached hydrogen (secondary N) is 2. The Bertz CT molecular complexity index is 741. The maximum atomic E-state index is 12.3. The van der Waals surface area contributed by atoms with E-state index in [9.17, 15) is 14.4 Å². The van der Waals surface area contributed by atoms with Crippen LogP contribution in [0.5, 0.6) is 0 Å². The average Bonchev–Trinajstić information content (AvgIpc) is 2.88. The number of carbonyl (C=O) groups is 3. The lowest BCUT2D eigenvalue weighted by molar-refractivity contribution is -0.140. The molecule has 5 heteroatoms. The molecule has 0 spiro atoms. The van der Waals surface area contributed by atoms with Crippen LogP contribution in [-0.2, 0) is 20.9 Å². The number of anilines is 1. The average molecular weight is 294 g/mol. The fourth-order valence-electron chi connectivity index (χ4n) is 2.47. The second-order valence-corrected chi connectivity index (χ2v) is 5.04. The largest absolute Gasteiger partial charge is 0.345 e. The van der Waals surface area contributed by atoms with E-state index >= 15 is 0 Å². The van der Waals surface area contributed by atoms with Gasteiger partial charge in [-0.05, 0) is 17.2 Å². The summed E-state index contributed by atoms with van der Waals surface area (Å²) in [5.74, 6) is -3.01. The van der Waals surface area contributed by atoms with Crippen molar-refractivity contribution >= 4 is 23.3 Å². The summed E-state index contributed by atoms with van der Waals surface area (Å²) in [6, 6.07) is 16.2. The van der Waals surface area contributed by atoms with Gasteiger partial charge in [-0.25, -0.2) is 0 Å². The van der Waals surface area contributed by atoms with Crippen LogP contribution in [0.2, 0.25) is 0 Å². The van der Waals surface area contributed by atoms with Crippen LogP contribution in [0.25, 0.3) is 0 Å². The molecular weight excluding hydrogens is 280 g/mol. The number of carbonyl (C=O) groups excluding carboxylic acids is 3. The number of Topliss-reactive ketones (excluding diaryl/α,β-unsaturated/α-hetero) is 1. The molecule has 1 atom stereocenters. The molecule has 1 unspecified atom stereocenters. The normalized spacial score (nSPS) is 15.8. The lowest BCUT2D eigenvalue weighted by Crippen LogP contribution is -2.36. The number of hydrogen-bond acceptors (Lipinski definition) is 3. The SMILES string of the molecule is O=C(NCc1ccccc1)C(=O)C1C(=O)Nc2ccccc21. The van der Waals surface area contributed by atoms with Crippen LogP contribution in [0, 0.1) is 0 Å². The van der Waals surface area contributed by atoms with Crippen molar-refractivity contribution in [3.8, 4) is 0 Å². The molecule has 0 radical (unpaired) electrons. The lowest BCUT2D eigenvalue weighted by Gasteiger charge is -2.08. The number of rotatable bonds is 4. The van der Waals surface area contributed by atoms with Gasteiger partial charge in [0.2, 0.25) is 11.7 Å². The zero-order valence-corrected chi connectivity index (χ0v) is 11.7. The molecule has 2 aromatic rings. The first-order chi connectivity index (χ1) is 10.7. The second kappa shape index (κ2) is 5.81. The van der Waals surface area contributed by atoms with Crippen LogP contribution in [-0.4, -0.2) is 17.6 Å². The predicted molar refractivity (Wildman–Crippen MR) is 81.1 cm³/mol. The summed E-state index contributed by atoms with van der Waals surface area (Å²) in [5, 5.41) is 5.18. The first-order valence-corrected chi connectivity index (χ1v) is 6.92. The van der Waals surface area contributed by atoms with Gasteiger partial charge in [0.15, 0.2) is 0 Å². The second-order valence-electron chi connectivity index (χ2n) is 5.04. The molecule has 5 nitrogen and oxygen atoms in total. The maximum absolute atomic E-state index is 12.3. The van der Waals surface area contributed by atoms with Crippen molar-refractivity contribution in [3.63, 3.8) is 0 Å². The molecule has 0 aliphatic carbocycles. The number of amides is 2. The standard InChI is InChI=1S/C17H14N2O3/c20-15(17(22)18-10-11-6-2-1-3-7-11)14-12-8-4-5-9-13(12)19-16(14)21/h1-9,14H,10H2,(H,18,22)(H,19,21). The van der Waals surface area contributed by atoms with Crippen molar-refractivity contribution in [2.75, 3.05) is 5.32 Å². The molecule has 0 aromatic heterocycles. The summed E-state index contributed by atoms with van der Waals surface area (Å²) in [7, 11) is 0. The lowest BCUT2D eigenvalue weighted by atomic mass is 9.95. The molecule has 0 saturated heterocycles. The van der Waals surface area contributed by atoms with Gasteiger partial charge in [0, 0.05) is 12.2 Å². The highest BCUT2D eigenvalue weighted by atomic mass is 16.2. The molecule has 2 aromatic carbocycles. The summed E-state index contributed by atoms with van der Waals surface area (Å²) in [5.41, 5.74) is 2.02. The Morgan fingerprint density at radius 1 is 1.00 bits per heavy atom. The van der Waals surface area contributed by atoms with E-state index in [4.69, 9.17) is 0 Å². The van der Waals surface area contributed by atoms with Crippen LogP contribution >= 0.6 is 0 Å². The van der Waals surface area contributed by atoms with E-state index in [1.807, 2.05) is 30.3 Å². The summed E-state index contributed by atoms with van der Waals surface area (Å²) in [6.45, 7) is 0.251. The van der Waals surface area contributed by atoms with E-state index in [-0.39, 0.29) is 6.54 Å². The third-order valence-corrected chi connectivity index (χ3v) is 3.57. The highest BCUT2D eigenvalue weighted by Crippen LogP contribution is 2.32. The van der Waals surface area contributed by atoms with Crippen molar-refractivity contribution in [2.24, 2.45) is 0 Å². The van der Waals surface area contributed by atoms with E-state index < -0.39 is 23.5 Å². The first kappa shape index (κ1) is 14.0. The fourth-order valence-corrected chi connectivity index (χ4v) is 2.47. The maximum Gasteiger partial charge on any atom is 0.288 e. The minimum atomic E-state index is -1.06. The van der Waals surface area contributed by atoms with E-state index in [1.54, 1.807) is 24.3 Å². The van der Waals surface area contributed by atoms with Crippen molar-refractivity contribution < 1.29 is 14.4 Å². The van der Waals surface area contributed by atoms with Gasteiger partial charge < -0.3 is 10.6 Å². The van der Waals surface area contributed by atoms with Gasteiger partial charge in [-0.15, -0.1) is 0 Å². The van der Waals surface area contributed by atoms with Gasteiger partial charge in [-0.2, -0.15) is 0 Å². The van der Waals surface area contributed by atoms with Crippen molar-refractivity contribution in [3.05, 3.63) is 65.7 Å². The number of benzene rings is 2. The van der Waals surface area contributed by atoms with Gasteiger partial charge in [0.1, 0.15) is 5.92 Å². The Hall–Kier alpha value is -2.95. The van der Waals surface area contributed by atoms with Gasteiger partial charge >= 0.3 is 0 Å². The molecule has 1 aliphatic heterocycles. The van der Waals surface area contributed by atoms with E-state index in [2.05, 4.69) is 10.6 Å². The van der Waals surface area contributed by atoms with Crippen molar-refractivity contribution in [2.45, 2.75) is 12.5 Å². The Kier molecular flexibility index (Phi) is 3.70. The molecule has 1 heterocycles. The molecule has 0 saturated carbocycles. The Morgan fingerprint density at radius 3 is 2.45 bits per heavy atom. The Labute approximate surface area is 127 Å². The van der Waals surface area contributed by atoms with Gasteiger partial charge in [0.25, 0.3) is 5.91 Å². The summed E-state index contributed by atoms with van der Waals surface area (Å²) in [4.78, 5) is 36.2. The van der Waals surface area contributed by atoms with E-state index in [0.717, 1.165) is 5.56 Å². The van der Waals surface area contributed by atoms with Gasteiger partial charge in [0.05, 0.1) is 0 Å². The van der Waals surface area contributed by atoms with Crippen LogP contribution < -0.4 is 10.6 Å². The highest BCUT2D eigenvalue weighted by molar-refractivity contribution is 6.44. The van der Waals surface area contributed by atoms with Crippen LogP contribution in [0.15, 0.2) is 54.6 Å². The molecule has 0 fully saturated rings. The number of hydrogen-bond donors (Lipinski definition) is 2. The quantitative estimate of drug-likeness (QED) is 0.664. The molecule has 22 heavy (non-hydrogen) atoms. The molecule has 110 valence electrons. The number of fused-ring (bicyclic) bond motifs is 1. The third-order valence-electron chi connectivity index (χ3n) is 3.57. The fraction of sp³-hybridized carbons (Fsp3) is 0.118. The molecule has 1 aliphatic rings. The minimum absolute atomic E-state index is 0.251. The zero-order valence-electron chi connectivity index (χ0n) is 11.7. The van der Waals surface area contributed by atoms with Gasteiger partial charge in [-0.3, -0.25) is 14.4 Å². The van der Waals surface area contributed by atoms with Crippen LogP contribution in [0.3, 0.4) is 0 Å². The molecular formula is C17H14N2O3.